The molecule has 4 rings (SSSR count). The summed E-state index contributed by atoms with van der Waals surface area (Å²) >= 11 is 7.18. The molecule has 2 heterocycles. The van der Waals surface area contributed by atoms with Gasteiger partial charge in [0, 0.05) is 10.6 Å². The van der Waals surface area contributed by atoms with Crippen LogP contribution in [0.15, 0.2) is 41.8 Å². The lowest BCUT2D eigenvalue weighted by atomic mass is 9.76. The van der Waals surface area contributed by atoms with E-state index in [4.69, 9.17) is 11.6 Å². The minimum absolute atomic E-state index is 0.252. The standard InChI is InChI=1S/C22H21ClN2O4S/c1-13-4-9-16-17(11-13)22(29)25(21(16)28)24(12-18(26)19-3-2-10-30-19)20(27)14-5-7-15(23)8-6-14/h2-3,5-8,10,13,16-17H,4,9,11-12H2,1H3/t13-,16+,17-/m1/s1. The van der Waals surface area contributed by atoms with Crippen LogP contribution in [0.3, 0.4) is 0 Å². The molecular weight excluding hydrogens is 424 g/mol. The van der Waals surface area contributed by atoms with Gasteiger partial charge in [0.05, 0.1) is 16.7 Å². The summed E-state index contributed by atoms with van der Waals surface area (Å²) < 4.78 is 0. The molecule has 2 aliphatic rings. The van der Waals surface area contributed by atoms with Crippen LogP contribution in [-0.2, 0) is 9.59 Å². The third-order valence-electron chi connectivity index (χ3n) is 5.82. The van der Waals surface area contributed by atoms with E-state index >= 15 is 0 Å². The van der Waals surface area contributed by atoms with E-state index in [1.807, 2.05) is 0 Å². The fourth-order valence-corrected chi connectivity index (χ4v) is 5.02. The van der Waals surface area contributed by atoms with Crippen molar-refractivity contribution in [1.82, 2.24) is 10.0 Å². The van der Waals surface area contributed by atoms with E-state index in [0.717, 1.165) is 16.4 Å². The van der Waals surface area contributed by atoms with Crippen LogP contribution in [0.2, 0.25) is 5.02 Å². The number of benzene rings is 1. The van der Waals surface area contributed by atoms with Crippen molar-refractivity contribution in [3.63, 3.8) is 0 Å². The van der Waals surface area contributed by atoms with Gasteiger partial charge in [-0.25, -0.2) is 5.01 Å². The average Bonchev–Trinajstić information content (AvgIpc) is 3.34. The van der Waals surface area contributed by atoms with Crippen molar-refractivity contribution in [2.75, 3.05) is 6.54 Å². The second-order valence-corrected chi connectivity index (χ2v) is 9.27. The molecular formula is C22H21ClN2O4S. The van der Waals surface area contributed by atoms with E-state index in [1.54, 1.807) is 29.6 Å². The molecule has 30 heavy (non-hydrogen) atoms. The van der Waals surface area contributed by atoms with Crippen LogP contribution in [0.25, 0.3) is 0 Å². The van der Waals surface area contributed by atoms with Gasteiger partial charge in [-0.2, -0.15) is 5.01 Å². The SMILES string of the molecule is C[C@@H]1CC[C@@H]2C(=O)N(N(CC(=O)c3cccs3)C(=O)c3ccc(Cl)cc3)C(=O)[C@@H]2C1. The molecule has 0 radical (unpaired) electrons. The molecule has 0 N–H and O–H groups in total. The Morgan fingerprint density at radius 1 is 1.10 bits per heavy atom. The molecule has 2 fully saturated rings. The third-order valence-corrected chi connectivity index (χ3v) is 6.98. The monoisotopic (exact) mass is 444 g/mol. The van der Waals surface area contributed by atoms with Crippen LogP contribution in [0.4, 0.5) is 0 Å². The van der Waals surface area contributed by atoms with Gasteiger partial charge in [0.15, 0.2) is 5.78 Å². The highest BCUT2D eigenvalue weighted by Crippen LogP contribution is 2.41. The second kappa shape index (κ2) is 8.32. The molecule has 3 atom stereocenters. The lowest BCUT2D eigenvalue weighted by Crippen LogP contribution is -2.52. The summed E-state index contributed by atoms with van der Waals surface area (Å²) in [5, 5.41) is 4.16. The number of nitrogens with zero attached hydrogens (tertiary/aromatic N) is 2. The smallest absolute Gasteiger partial charge is 0.273 e. The van der Waals surface area contributed by atoms with Gasteiger partial charge in [-0.05, 0) is 60.9 Å². The predicted octanol–water partition coefficient (Wildman–Crippen LogP) is 4.06. The number of carbonyl (C=O) groups excluding carboxylic acids is 4. The highest BCUT2D eigenvalue weighted by Gasteiger charge is 2.52. The van der Waals surface area contributed by atoms with Crippen LogP contribution in [0, 0.1) is 17.8 Å². The molecule has 1 saturated carbocycles. The quantitative estimate of drug-likeness (QED) is 0.514. The molecule has 1 aliphatic heterocycles. The number of ketones is 1. The van der Waals surface area contributed by atoms with E-state index < -0.39 is 29.6 Å². The van der Waals surface area contributed by atoms with Crippen molar-refractivity contribution < 1.29 is 19.2 Å². The third kappa shape index (κ3) is 3.79. The molecule has 8 heteroatoms. The van der Waals surface area contributed by atoms with Crippen LogP contribution >= 0.6 is 22.9 Å². The predicted molar refractivity (Wildman–Crippen MR) is 113 cm³/mol. The van der Waals surface area contributed by atoms with E-state index in [-0.39, 0.29) is 17.9 Å². The molecule has 0 bridgehead atoms. The van der Waals surface area contributed by atoms with Gasteiger partial charge in [-0.15, -0.1) is 11.3 Å². The van der Waals surface area contributed by atoms with Gasteiger partial charge in [-0.1, -0.05) is 24.6 Å². The van der Waals surface area contributed by atoms with Gasteiger partial charge >= 0.3 is 0 Å². The van der Waals surface area contributed by atoms with Gasteiger partial charge in [0.25, 0.3) is 17.7 Å². The maximum atomic E-state index is 13.3. The van der Waals surface area contributed by atoms with Crippen molar-refractivity contribution in [2.45, 2.75) is 26.2 Å². The van der Waals surface area contributed by atoms with E-state index in [0.29, 0.717) is 28.7 Å². The largest absolute Gasteiger partial charge is 0.291 e. The molecule has 3 amide bonds. The average molecular weight is 445 g/mol. The Bertz CT molecular complexity index is 989. The molecule has 1 aliphatic carbocycles. The van der Waals surface area contributed by atoms with Crippen molar-refractivity contribution in [3.05, 3.63) is 57.2 Å². The van der Waals surface area contributed by atoms with Crippen molar-refractivity contribution in [2.24, 2.45) is 17.8 Å². The second-order valence-electron chi connectivity index (χ2n) is 7.89. The minimum atomic E-state index is -0.579. The summed E-state index contributed by atoms with van der Waals surface area (Å²) in [6.07, 6.45) is 2.11. The first kappa shape index (κ1) is 20.8. The lowest BCUT2D eigenvalue weighted by molar-refractivity contribution is -0.154. The zero-order valence-corrected chi connectivity index (χ0v) is 18.0. The first-order valence-corrected chi connectivity index (χ1v) is 11.1. The summed E-state index contributed by atoms with van der Waals surface area (Å²) in [6, 6.07) is 9.56. The molecule has 0 spiro atoms. The highest BCUT2D eigenvalue weighted by molar-refractivity contribution is 7.12. The lowest BCUT2D eigenvalue weighted by Gasteiger charge is -2.30. The number of amides is 3. The molecule has 1 saturated heterocycles. The molecule has 6 nitrogen and oxygen atoms in total. The number of imide groups is 1. The number of Topliss-reactive ketones (excluding diaryl/α,β-unsaturated/α-hetero) is 1. The topological polar surface area (TPSA) is 74.8 Å². The number of hydrogen-bond acceptors (Lipinski definition) is 5. The number of thiophene rings is 1. The molecule has 1 aromatic heterocycles. The number of carbonyl (C=O) groups is 4. The summed E-state index contributed by atoms with van der Waals surface area (Å²) in [7, 11) is 0. The molecule has 2 aromatic rings. The number of rotatable bonds is 5. The fraction of sp³-hybridized carbons (Fsp3) is 0.364. The number of halogens is 1. The normalized spacial score (nSPS) is 23.4. The summed E-state index contributed by atoms with van der Waals surface area (Å²) in [6.45, 7) is 1.68. The van der Waals surface area contributed by atoms with Crippen molar-refractivity contribution >= 4 is 46.4 Å². The van der Waals surface area contributed by atoms with Gasteiger partial charge in [0.1, 0.15) is 6.54 Å². The maximum Gasteiger partial charge on any atom is 0.273 e. The number of hydrazine groups is 1. The molecule has 1 aromatic carbocycles. The Labute approximate surface area is 183 Å². The van der Waals surface area contributed by atoms with E-state index in [2.05, 4.69) is 6.92 Å². The van der Waals surface area contributed by atoms with Crippen LogP contribution in [0.1, 0.15) is 46.2 Å². The Balaban J connectivity index is 1.68. The molecule has 156 valence electrons. The Hall–Kier alpha value is -2.51. The van der Waals surface area contributed by atoms with Gasteiger partial charge in [-0.3, -0.25) is 19.2 Å². The van der Waals surface area contributed by atoms with Crippen molar-refractivity contribution in [1.29, 1.82) is 0 Å². The highest BCUT2D eigenvalue weighted by atomic mass is 35.5. The summed E-state index contributed by atoms with van der Waals surface area (Å²) in [5.74, 6) is -2.20. The zero-order valence-electron chi connectivity index (χ0n) is 16.4. The Morgan fingerprint density at radius 3 is 2.47 bits per heavy atom. The molecule has 0 unspecified atom stereocenters. The first-order valence-electron chi connectivity index (χ1n) is 9.88. The fourth-order valence-electron chi connectivity index (χ4n) is 4.24. The Morgan fingerprint density at radius 2 is 1.80 bits per heavy atom. The van der Waals surface area contributed by atoms with Crippen LogP contribution in [0.5, 0.6) is 0 Å². The minimum Gasteiger partial charge on any atom is -0.291 e. The Kier molecular flexibility index (Phi) is 5.75. The van der Waals surface area contributed by atoms with Crippen LogP contribution in [-0.4, -0.2) is 40.1 Å². The summed E-state index contributed by atoms with van der Waals surface area (Å²) in [4.78, 5) is 52.9. The van der Waals surface area contributed by atoms with E-state index in [9.17, 15) is 19.2 Å². The van der Waals surface area contributed by atoms with Crippen molar-refractivity contribution in [3.8, 4) is 0 Å². The number of fused-ring (bicyclic) bond motifs is 1. The number of hydrogen-bond donors (Lipinski definition) is 0. The van der Waals surface area contributed by atoms with Gasteiger partial charge in [0.2, 0.25) is 0 Å². The summed E-state index contributed by atoms with van der Waals surface area (Å²) in [5.41, 5.74) is 0.252. The van der Waals surface area contributed by atoms with E-state index in [1.165, 1.54) is 23.5 Å². The van der Waals surface area contributed by atoms with Crippen LogP contribution < -0.4 is 0 Å². The zero-order chi connectivity index (χ0) is 21.4. The maximum absolute atomic E-state index is 13.3. The van der Waals surface area contributed by atoms with Gasteiger partial charge < -0.3 is 0 Å². The first-order chi connectivity index (χ1) is 14.4.